The van der Waals surface area contributed by atoms with E-state index in [4.69, 9.17) is 0 Å². The quantitative estimate of drug-likeness (QED) is 0.682. The summed E-state index contributed by atoms with van der Waals surface area (Å²) in [7, 11) is 0. The predicted octanol–water partition coefficient (Wildman–Crippen LogP) is 3.37. The molecular formula is C23H25N3O2S. The zero-order valence-electron chi connectivity index (χ0n) is 16.3. The van der Waals surface area contributed by atoms with Gasteiger partial charge in [-0.05, 0) is 27.8 Å². The Hall–Kier alpha value is -2.70. The van der Waals surface area contributed by atoms with E-state index in [2.05, 4.69) is 52.7 Å². The molecule has 0 saturated carbocycles. The number of fused-ring (bicyclic) bond motifs is 1. The molecule has 1 aliphatic heterocycles. The van der Waals surface area contributed by atoms with Crippen LogP contribution in [0.15, 0.2) is 60.0 Å². The Bertz CT molecular complexity index is 973. The molecule has 1 fully saturated rings. The third kappa shape index (κ3) is 4.83. The summed E-state index contributed by atoms with van der Waals surface area (Å²) in [5, 5.41) is 7.27. The van der Waals surface area contributed by atoms with Crippen molar-refractivity contribution in [2.45, 2.75) is 13.0 Å². The first-order valence-electron chi connectivity index (χ1n) is 9.99. The van der Waals surface area contributed by atoms with Gasteiger partial charge in [-0.3, -0.25) is 14.5 Å². The highest BCUT2D eigenvalue weighted by molar-refractivity contribution is 7.12. The number of carbonyl (C=O) groups excluding carboxylic acids is 2. The van der Waals surface area contributed by atoms with E-state index in [9.17, 15) is 9.59 Å². The summed E-state index contributed by atoms with van der Waals surface area (Å²) in [6, 6.07) is 18.6. The zero-order chi connectivity index (χ0) is 20.1. The maximum absolute atomic E-state index is 12.5. The summed E-state index contributed by atoms with van der Waals surface area (Å²) < 4.78 is 0. The van der Waals surface area contributed by atoms with E-state index in [0.717, 1.165) is 32.7 Å². The molecule has 1 saturated heterocycles. The van der Waals surface area contributed by atoms with Crippen LogP contribution in [0.4, 0.5) is 0 Å². The SMILES string of the molecule is O=C(NCCC(=O)N1CCN(Cc2cccc3ccccc23)CC1)c1cccs1. The topological polar surface area (TPSA) is 52.7 Å². The Balaban J connectivity index is 1.23. The smallest absolute Gasteiger partial charge is 0.261 e. The summed E-state index contributed by atoms with van der Waals surface area (Å²) in [5.74, 6) is 0.00833. The molecule has 1 N–H and O–H groups in total. The molecule has 3 aromatic rings. The highest BCUT2D eigenvalue weighted by atomic mass is 32.1. The van der Waals surface area contributed by atoms with Gasteiger partial charge < -0.3 is 10.2 Å². The molecule has 29 heavy (non-hydrogen) atoms. The van der Waals surface area contributed by atoms with Crippen LogP contribution in [0.25, 0.3) is 10.8 Å². The molecule has 2 amide bonds. The Kier molecular flexibility index (Phi) is 6.22. The van der Waals surface area contributed by atoms with Crippen LogP contribution in [0, 0.1) is 0 Å². The summed E-state index contributed by atoms with van der Waals surface area (Å²) in [5.41, 5.74) is 1.33. The lowest BCUT2D eigenvalue weighted by Gasteiger charge is -2.35. The monoisotopic (exact) mass is 407 g/mol. The van der Waals surface area contributed by atoms with Gasteiger partial charge in [0.1, 0.15) is 0 Å². The molecule has 1 aromatic heterocycles. The largest absolute Gasteiger partial charge is 0.351 e. The standard InChI is InChI=1S/C23H25N3O2S/c27-22(10-11-24-23(28)21-9-4-16-29-21)26-14-12-25(13-15-26)17-19-7-3-6-18-5-1-2-8-20(18)19/h1-9,16H,10-15,17H2,(H,24,28). The first-order chi connectivity index (χ1) is 14.2. The third-order valence-corrected chi connectivity index (χ3v) is 6.24. The van der Waals surface area contributed by atoms with Crippen molar-refractivity contribution in [1.82, 2.24) is 15.1 Å². The summed E-state index contributed by atoms with van der Waals surface area (Å²) in [6.45, 7) is 4.50. The lowest BCUT2D eigenvalue weighted by atomic mass is 10.0. The highest BCUT2D eigenvalue weighted by Crippen LogP contribution is 2.20. The van der Waals surface area contributed by atoms with Crippen LogP contribution in [0.3, 0.4) is 0 Å². The van der Waals surface area contributed by atoms with Gasteiger partial charge in [0.15, 0.2) is 0 Å². The van der Waals surface area contributed by atoms with E-state index in [1.54, 1.807) is 6.07 Å². The van der Waals surface area contributed by atoms with Gasteiger partial charge in [0.05, 0.1) is 4.88 Å². The maximum Gasteiger partial charge on any atom is 0.261 e. The van der Waals surface area contributed by atoms with Crippen LogP contribution in [0.2, 0.25) is 0 Å². The predicted molar refractivity (Wildman–Crippen MR) is 117 cm³/mol. The van der Waals surface area contributed by atoms with Gasteiger partial charge in [-0.2, -0.15) is 0 Å². The molecule has 0 aliphatic carbocycles. The van der Waals surface area contributed by atoms with Gasteiger partial charge in [0.25, 0.3) is 5.91 Å². The first-order valence-corrected chi connectivity index (χ1v) is 10.9. The number of thiophene rings is 1. The van der Waals surface area contributed by atoms with Crippen LogP contribution < -0.4 is 5.32 Å². The average Bonchev–Trinajstić information content (AvgIpc) is 3.29. The maximum atomic E-state index is 12.5. The van der Waals surface area contributed by atoms with Gasteiger partial charge in [0.2, 0.25) is 5.91 Å². The van der Waals surface area contributed by atoms with Crippen LogP contribution in [-0.4, -0.2) is 54.3 Å². The molecule has 6 heteroatoms. The third-order valence-electron chi connectivity index (χ3n) is 5.37. The second-order valence-electron chi connectivity index (χ2n) is 7.28. The molecule has 0 radical (unpaired) electrons. The molecule has 0 atom stereocenters. The van der Waals surface area contributed by atoms with Crippen molar-refractivity contribution in [2.75, 3.05) is 32.7 Å². The number of carbonyl (C=O) groups is 2. The number of hydrogen-bond acceptors (Lipinski definition) is 4. The molecular weight excluding hydrogens is 382 g/mol. The van der Waals surface area contributed by atoms with Crippen LogP contribution in [0.1, 0.15) is 21.7 Å². The van der Waals surface area contributed by atoms with E-state index in [-0.39, 0.29) is 11.8 Å². The zero-order valence-corrected chi connectivity index (χ0v) is 17.2. The van der Waals surface area contributed by atoms with Gasteiger partial charge in [-0.15, -0.1) is 11.3 Å². The average molecular weight is 408 g/mol. The molecule has 2 aromatic carbocycles. The second-order valence-corrected chi connectivity index (χ2v) is 8.23. The fourth-order valence-corrected chi connectivity index (χ4v) is 4.40. The lowest BCUT2D eigenvalue weighted by Crippen LogP contribution is -2.48. The number of amides is 2. The van der Waals surface area contributed by atoms with E-state index in [1.165, 1.54) is 27.7 Å². The van der Waals surface area contributed by atoms with Crippen molar-refractivity contribution in [3.63, 3.8) is 0 Å². The molecule has 5 nitrogen and oxygen atoms in total. The fraction of sp³-hybridized carbons (Fsp3) is 0.304. The minimum absolute atomic E-state index is 0.104. The van der Waals surface area contributed by atoms with Crippen molar-refractivity contribution < 1.29 is 9.59 Å². The van der Waals surface area contributed by atoms with Crippen LogP contribution in [-0.2, 0) is 11.3 Å². The Morgan fingerprint density at radius 1 is 0.931 bits per heavy atom. The number of nitrogens with zero attached hydrogens (tertiary/aromatic N) is 2. The van der Waals surface area contributed by atoms with Gasteiger partial charge in [0, 0.05) is 45.7 Å². The highest BCUT2D eigenvalue weighted by Gasteiger charge is 2.21. The summed E-state index contributed by atoms with van der Waals surface area (Å²) in [6.07, 6.45) is 0.348. The minimum Gasteiger partial charge on any atom is -0.351 e. The number of hydrogen-bond donors (Lipinski definition) is 1. The van der Waals surface area contributed by atoms with Crippen molar-refractivity contribution in [1.29, 1.82) is 0 Å². The molecule has 0 unspecified atom stereocenters. The first kappa shape index (κ1) is 19.6. The van der Waals surface area contributed by atoms with Crippen molar-refractivity contribution in [3.8, 4) is 0 Å². The number of piperazine rings is 1. The number of benzene rings is 2. The fourth-order valence-electron chi connectivity index (χ4n) is 3.76. The Labute approximate surface area is 174 Å². The normalized spacial score (nSPS) is 14.8. The van der Waals surface area contributed by atoms with Crippen molar-refractivity contribution in [2.24, 2.45) is 0 Å². The molecule has 0 bridgehead atoms. The van der Waals surface area contributed by atoms with Gasteiger partial charge in [-0.25, -0.2) is 0 Å². The molecule has 2 heterocycles. The van der Waals surface area contributed by atoms with Crippen molar-refractivity contribution >= 4 is 33.9 Å². The van der Waals surface area contributed by atoms with Crippen molar-refractivity contribution in [3.05, 3.63) is 70.4 Å². The summed E-state index contributed by atoms with van der Waals surface area (Å²) in [4.78, 5) is 29.4. The molecule has 4 rings (SSSR count). The van der Waals surface area contributed by atoms with E-state index < -0.39 is 0 Å². The van der Waals surface area contributed by atoms with E-state index >= 15 is 0 Å². The molecule has 0 spiro atoms. The second kappa shape index (κ2) is 9.20. The van der Waals surface area contributed by atoms with E-state index in [0.29, 0.717) is 17.8 Å². The van der Waals surface area contributed by atoms with Crippen LogP contribution in [0.5, 0.6) is 0 Å². The minimum atomic E-state index is -0.104. The van der Waals surface area contributed by atoms with Crippen LogP contribution >= 0.6 is 11.3 Å². The Morgan fingerprint density at radius 3 is 2.52 bits per heavy atom. The Morgan fingerprint density at radius 2 is 1.72 bits per heavy atom. The van der Waals surface area contributed by atoms with E-state index in [1.807, 2.05) is 16.3 Å². The number of rotatable bonds is 6. The lowest BCUT2D eigenvalue weighted by molar-refractivity contribution is -0.132. The number of nitrogens with one attached hydrogen (secondary N) is 1. The molecule has 150 valence electrons. The van der Waals surface area contributed by atoms with Gasteiger partial charge in [-0.1, -0.05) is 48.5 Å². The summed E-state index contributed by atoms with van der Waals surface area (Å²) >= 11 is 1.41. The van der Waals surface area contributed by atoms with Gasteiger partial charge >= 0.3 is 0 Å². The molecule has 1 aliphatic rings.